The number of rotatable bonds is 26. The van der Waals surface area contributed by atoms with Crippen LogP contribution < -0.4 is 16.0 Å². The van der Waals surface area contributed by atoms with E-state index in [1.807, 2.05) is 0 Å². The lowest BCUT2D eigenvalue weighted by Gasteiger charge is -2.51. The summed E-state index contributed by atoms with van der Waals surface area (Å²) in [5, 5.41) is 209. The fraction of sp³-hybridized carbons (Fsp3) is 0.881. The number of carbonyl (C=O) groups excluding carboxylic acids is 3. The Hall–Kier alpha value is -3.65. The number of carbonyl (C=O) groups is 5. The normalized spacial score (nSPS) is 38.9. The number of aliphatic hydroxyl groups excluding tert-OH is 17. The molecule has 0 aromatic carbocycles. The second-order valence-electron chi connectivity index (χ2n) is 18.8. The number of aliphatic hydroxyl groups is 17. The van der Waals surface area contributed by atoms with Crippen LogP contribution in [-0.4, -0.2) is 325 Å². The van der Waals surface area contributed by atoms with Crippen molar-refractivity contribution >= 4 is 29.7 Å². The Balaban J connectivity index is 1.82. The van der Waals surface area contributed by atoms with Gasteiger partial charge in [0.2, 0.25) is 17.7 Å². The predicted molar refractivity (Wildman–Crippen MR) is 238 cm³/mol. The molecule has 26 atom stereocenters. The lowest BCUT2D eigenvalue weighted by molar-refractivity contribution is -0.382. The third-order valence-electron chi connectivity index (χ3n) is 13.1. The summed E-state index contributed by atoms with van der Waals surface area (Å²) < 4.78 is 45.8. The average molecular weight is 1130 g/mol. The first kappa shape index (κ1) is 65.9. The van der Waals surface area contributed by atoms with Gasteiger partial charge in [-0.05, 0) is 0 Å². The van der Waals surface area contributed by atoms with Crippen molar-refractivity contribution in [2.75, 3.05) is 39.6 Å². The van der Waals surface area contributed by atoms with E-state index in [2.05, 4.69) is 16.0 Å². The molecule has 4 fully saturated rings. The first-order chi connectivity index (χ1) is 36.0. The second-order valence-corrected chi connectivity index (χ2v) is 18.8. The van der Waals surface area contributed by atoms with Crippen molar-refractivity contribution < 1.29 is 159 Å². The molecule has 22 N–H and O–H groups in total. The molecule has 3 amide bonds. The summed E-state index contributed by atoms with van der Waals surface area (Å²) in [4.78, 5) is 63.4. The molecule has 0 aliphatic carbocycles. The summed E-state index contributed by atoms with van der Waals surface area (Å²) in [6.45, 7) is -4.39. The molecular weight excluding hydrogens is 1060 g/mol. The summed E-state index contributed by atoms with van der Waals surface area (Å²) in [5.41, 5.74) is 0. The number of ether oxygens (including phenoxy) is 8. The van der Waals surface area contributed by atoms with Gasteiger partial charge in [0.1, 0.15) is 110 Å². The summed E-state index contributed by atoms with van der Waals surface area (Å²) in [7, 11) is 0. The van der Waals surface area contributed by atoms with Crippen LogP contribution in [0.5, 0.6) is 0 Å². The molecule has 0 radical (unpaired) electrons. The van der Waals surface area contributed by atoms with Crippen LogP contribution in [0.4, 0.5) is 0 Å². The Labute approximate surface area is 435 Å². The smallest absolute Gasteiger partial charge is 0.364 e. The second kappa shape index (κ2) is 28.2. The number of carboxylic acids is 2. The van der Waals surface area contributed by atoms with E-state index in [0.717, 1.165) is 20.8 Å². The van der Waals surface area contributed by atoms with Crippen LogP contribution in [0, 0.1) is 0 Å². The van der Waals surface area contributed by atoms with Gasteiger partial charge >= 0.3 is 11.9 Å². The third kappa shape index (κ3) is 15.2. The Morgan fingerprint density at radius 2 is 0.948 bits per heavy atom. The highest BCUT2D eigenvalue weighted by Gasteiger charge is 2.62. The van der Waals surface area contributed by atoms with Crippen LogP contribution in [-0.2, 0) is 61.9 Å². The van der Waals surface area contributed by atoms with E-state index in [4.69, 9.17) is 37.9 Å². The zero-order valence-electron chi connectivity index (χ0n) is 41.3. The van der Waals surface area contributed by atoms with Gasteiger partial charge in [-0.3, -0.25) is 14.4 Å². The van der Waals surface area contributed by atoms with E-state index in [9.17, 15) is 121 Å². The van der Waals surface area contributed by atoms with Crippen molar-refractivity contribution in [3.05, 3.63) is 0 Å². The van der Waals surface area contributed by atoms with Gasteiger partial charge in [0.25, 0.3) is 11.6 Å². The van der Waals surface area contributed by atoms with Gasteiger partial charge in [-0.25, -0.2) is 9.59 Å². The topological polar surface area (TPSA) is 580 Å². The van der Waals surface area contributed by atoms with Crippen LogP contribution in [0.1, 0.15) is 33.6 Å². The molecule has 4 saturated heterocycles. The molecule has 0 bridgehead atoms. The molecule has 0 aromatic heterocycles. The van der Waals surface area contributed by atoms with Gasteiger partial charge < -0.3 is 151 Å². The van der Waals surface area contributed by atoms with Gasteiger partial charge in [-0.15, -0.1) is 0 Å². The largest absolute Gasteiger partial charge is 0.477 e. The molecule has 0 unspecified atom stereocenters. The Kier molecular flexibility index (Phi) is 24.1. The Morgan fingerprint density at radius 3 is 1.35 bits per heavy atom. The Morgan fingerprint density at radius 1 is 0.545 bits per heavy atom. The first-order valence-electron chi connectivity index (χ1n) is 23.8. The summed E-state index contributed by atoms with van der Waals surface area (Å²) in [6, 6.07) is -5.46. The molecule has 4 aliphatic rings. The van der Waals surface area contributed by atoms with Crippen LogP contribution in [0.2, 0.25) is 0 Å². The monoisotopic (exact) mass is 1130 g/mol. The molecule has 4 aliphatic heterocycles. The van der Waals surface area contributed by atoms with Crippen molar-refractivity contribution in [3.8, 4) is 0 Å². The van der Waals surface area contributed by atoms with E-state index in [1.54, 1.807) is 0 Å². The molecule has 0 aromatic rings. The van der Waals surface area contributed by atoms with E-state index in [-0.39, 0.29) is 0 Å². The van der Waals surface area contributed by atoms with Gasteiger partial charge in [0.05, 0.1) is 63.9 Å². The minimum Gasteiger partial charge on any atom is -0.477 e. The van der Waals surface area contributed by atoms with Gasteiger partial charge in [-0.1, -0.05) is 0 Å². The zero-order chi connectivity index (χ0) is 58.2. The number of hydrogen-bond donors (Lipinski definition) is 22. The first-order valence-corrected chi connectivity index (χ1v) is 23.8. The van der Waals surface area contributed by atoms with Crippen LogP contribution in [0.3, 0.4) is 0 Å². The van der Waals surface area contributed by atoms with E-state index in [0.29, 0.717) is 0 Å². The SMILES string of the molecule is CC(=O)N[C@H]1[C@H](OC[C@H]2O[C@@H](O[C@@H]([C@H](O)[C@@H](O)CO)[C@H](O)CO)[C@H](O)[C@@H](O[C@]3(C(=O)O)C[C@H](O)[C@@H](NC(C)=O)[C@H]([C@H](O)[C@H](O)CO)O3)[C@H]2O)O[C@H](CO)[C@@H](O)[C@@H]1O[C@]1(C(=O)O)C[C@H](O)[C@@H](NC(C)=O)[C@H]([C@H](O)[C@H](O)CO)O1. The maximum Gasteiger partial charge on any atom is 0.364 e. The number of carboxylic acid groups (broad SMARTS) is 2. The minimum atomic E-state index is -3.36. The summed E-state index contributed by atoms with van der Waals surface area (Å²) in [5.74, 6) is -13.6. The molecule has 77 heavy (non-hydrogen) atoms. The third-order valence-corrected chi connectivity index (χ3v) is 13.1. The summed E-state index contributed by atoms with van der Waals surface area (Å²) >= 11 is 0. The maximum absolute atomic E-state index is 13.2. The number of hydrogen-bond acceptors (Lipinski definition) is 30. The van der Waals surface area contributed by atoms with Gasteiger partial charge in [0.15, 0.2) is 12.6 Å². The predicted octanol–water partition coefficient (Wildman–Crippen LogP) is -13.4. The molecular formula is C42H71N3O32. The van der Waals surface area contributed by atoms with Crippen molar-refractivity contribution in [1.82, 2.24) is 16.0 Å². The van der Waals surface area contributed by atoms with Crippen molar-refractivity contribution in [1.29, 1.82) is 0 Å². The zero-order valence-corrected chi connectivity index (χ0v) is 41.3. The molecule has 446 valence electrons. The highest BCUT2D eigenvalue weighted by molar-refractivity contribution is 5.77. The number of nitrogens with one attached hydrogen (secondary N) is 3. The number of aliphatic carboxylic acids is 2. The molecule has 0 spiro atoms. The average Bonchev–Trinajstić information content (AvgIpc) is 3.38. The fourth-order valence-electron chi connectivity index (χ4n) is 9.14. The highest BCUT2D eigenvalue weighted by Crippen LogP contribution is 2.40. The lowest BCUT2D eigenvalue weighted by Crippen LogP contribution is -2.72. The van der Waals surface area contributed by atoms with E-state index in [1.165, 1.54) is 0 Å². The fourth-order valence-corrected chi connectivity index (χ4v) is 9.14. The molecule has 4 rings (SSSR count). The number of amides is 3. The quantitative estimate of drug-likeness (QED) is 0.0382. The standard InChI is InChI=1S/C42H71N3O32/c1-12(51)43-23-15(54)4-41(39(66)67,74-33(23)27(61)18(57)7-47)76-35-25(45-14(3)53)37(71-21(10-50)29(35)63)70-11-22-30(64)36(31(65)38(72-22)73-32(20(59)9-49)26(60)17(56)6-46)77-42(40(68)69)5-16(55)24(44-13(2)52)34(75-42)28(62)19(58)8-48/h15-38,46-50,54-65H,4-11H2,1-3H3,(H,43,51)(H,44,52)(H,45,53)(H,66,67)(H,68,69)/t15-,16-,17-,18+,19+,20+,21+,22+,23+,24+,25+,26+,27+,28+,29+,30-,31+,32+,33+,34+,35+,36-,37+,38-,41-,42-/m0/s1. The molecule has 0 saturated carbocycles. The van der Waals surface area contributed by atoms with Crippen molar-refractivity contribution in [2.24, 2.45) is 0 Å². The van der Waals surface area contributed by atoms with Crippen molar-refractivity contribution in [2.45, 2.75) is 192 Å². The summed E-state index contributed by atoms with van der Waals surface area (Å²) in [6.07, 6.45) is -49.3. The van der Waals surface area contributed by atoms with Gasteiger partial charge in [-0.2, -0.15) is 0 Å². The van der Waals surface area contributed by atoms with Gasteiger partial charge in [0, 0.05) is 33.6 Å². The van der Waals surface area contributed by atoms with Crippen molar-refractivity contribution in [3.63, 3.8) is 0 Å². The molecule has 35 heteroatoms. The van der Waals surface area contributed by atoms with E-state index < -0.39 is 240 Å². The van der Waals surface area contributed by atoms with E-state index >= 15 is 0 Å². The Bertz CT molecular complexity index is 1950. The molecule has 35 nitrogen and oxygen atoms in total. The van der Waals surface area contributed by atoms with Crippen LogP contribution in [0.15, 0.2) is 0 Å². The van der Waals surface area contributed by atoms with Crippen LogP contribution >= 0.6 is 0 Å². The highest BCUT2D eigenvalue weighted by atomic mass is 16.8. The molecule has 4 heterocycles. The van der Waals surface area contributed by atoms with Crippen LogP contribution in [0.25, 0.3) is 0 Å². The minimum absolute atomic E-state index is 0.853. The maximum atomic E-state index is 13.2. The lowest BCUT2D eigenvalue weighted by atomic mass is 9.88.